The van der Waals surface area contributed by atoms with E-state index in [-0.39, 0.29) is 17.7 Å². The smallest absolute Gasteiger partial charge is 0.226 e. The molecule has 1 aromatic heterocycles. The Labute approximate surface area is 206 Å². The van der Waals surface area contributed by atoms with Gasteiger partial charge in [0, 0.05) is 42.4 Å². The van der Waals surface area contributed by atoms with Crippen molar-refractivity contribution in [3.05, 3.63) is 88.1 Å². The quantitative estimate of drug-likeness (QED) is 0.429. The number of hydrogen-bond donors (Lipinski definition) is 0. The maximum atomic E-state index is 13.6. The fourth-order valence-corrected chi connectivity index (χ4v) is 5.25. The summed E-state index contributed by atoms with van der Waals surface area (Å²) in [5, 5.41) is 2.04. The second-order valence-electron chi connectivity index (χ2n) is 8.73. The number of carbonyl (C=O) groups excluding carboxylic acids is 2. The van der Waals surface area contributed by atoms with Gasteiger partial charge in [0.2, 0.25) is 11.8 Å². The number of ether oxygens (including phenoxy) is 1. The molecule has 0 saturated carbocycles. The minimum absolute atomic E-state index is 0.0622. The Morgan fingerprint density at radius 3 is 2.41 bits per heavy atom. The molecule has 0 N–H and O–H groups in total. The van der Waals surface area contributed by atoms with Gasteiger partial charge >= 0.3 is 0 Å². The lowest BCUT2D eigenvalue weighted by Crippen LogP contribution is -2.44. The molecule has 1 fully saturated rings. The SMILES string of the molecule is COc1ccccc1CN(Cc1cccs1)C(=O)C1CCN(C(=O)CCc2ccccc2)CC1. The zero-order valence-corrected chi connectivity index (χ0v) is 20.5. The van der Waals surface area contributed by atoms with E-state index in [2.05, 4.69) is 18.2 Å². The normalized spacial score (nSPS) is 14.1. The lowest BCUT2D eigenvalue weighted by Gasteiger charge is -2.34. The second kappa shape index (κ2) is 11.8. The molecule has 4 rings (SSSR count). The van der Waals surface area contributed by atoms with Crippen LogP contribution in [-0.4, -0.2) is 41.8 Å². The summed E-state index contributed by atoms with van der Waals surface area (Å²) in [7, 11) is 1.66. The standard InChI is InChI=1S/C28H32N2O3S/c1-33-26-12-6-5-10-24(26)20-30(21-25-11-7-19-34-25)28(32)23-15-17-29(18-16-23)27(31)14-13-22-8-3-2-4-9-22/h2-12,19,23H,13-18,20-21H2,1H3. The number of rotatable bonds is 9. The molecule has 2 heterocycles. The van der Waals surface area contributed by atoms with Crippen LogP contribution in [-0.2, 0) is 29.1 Å². The first-order valence-corrected chi connectivity index (χ1v) is 12.8. The van der Waals surface area contributed by atoms with Gasteiger partial charge in [0.05, 0.1) is 13.7 Å². The van der Waals surface area contributed by atoms with Crippen molar-refractivity contribution in [3.63, 3.8) is 0 Å². The van der Waals surface area contributed by atoms with Gasteiger partial charge in [-0.2, -0.15) is 0 Å². The maximum Gasteiger partial charge on any atom is 0.226 e. The molecular weight excluding hydrogens is 444 g/mol. The summed E-state index contributed by atoms with van der Waals surface area (Å²) in [4.78, 5) is 31.4. The summed E-state index contributed by atoms with van der Waals surface area (Å²) in [5.41, 5.74) is 2.19. The van der Waals surface area contributed by atoms with Crippen molar-refractivity contribution in [2.45, 2.75) is 38.8 Å². The second-order valence-corrected chi connectivity index (χ2v) is 9.76. The number of aryl methyl sites for hydroxylation is 1. The predicted octanol–water partition coefficient (Wildman–Crippen LogP) is 5.16. The topological polar surface area (TPSA) is 49.9 Å². The Hall–Kier alpha value is -3.12. The van der Waals surface area contributed by atoms with E-state index in [1.807, 2.05) is 63.7 Å². The summed E-state index contributed by atoms with van der Waals surface area (Å²) in [6.07, 6.45) is 2.69. The van der Waals surface area contributed by atoms with Crippen molar-refractivity contribution in [3.8, 4) is 5.75 Å². The molecule has 178 valence electrons. The molecular formula is C28H32N2O3S. The van der Waals surface area contributed by atoms with Crippen molar-refractivity contribution in [2.24, 2.45) is 5.92 Å². The van der Waals surface area contributed by atoms with Crippen LogP contribution in [0.4, 0.5) is 0 Å². The number of para-hydroxylation sites is 1. The van der Waals surface area contributed by atoms with Crippen LogP contribution in [0.25, 0.3) is 0 Å². The van der Waals surface area contributed by atoms with Gasteiger partial charge in [-0.1, -0.05) is 54.6 Å². The number of piperidine rings is 1. The molecule has 0 aliphatic carbocycles. The number of amides is 2. The lowest BCUT2D eigenvalue weighted by atomic mass is 9.94. The van der Waals surface area contributed by atoms with Crippen LogP contribution < -0.4 is 4.74 Å². The molecule has 0 unspecified atom stereocenters. The fourth-order valence-electron chi connectivity index (χ4n) is 4.53. The molecule has 0 atom stereocenters. The Morgan fingerprint density at radius 2 is 1.71 bits per heavy atom. The van der Waals surface area contributed by atoms with Crippen molar-refractivity contribution < 1.29 is 14.3 Å². The molecule has 0 spiro atoms. The van der Waals surface area contributed by atoms with E-state index in [1.54, 1.807) is 18.4 Å². The van der Waals surface area contributed by atoms with Crippen LogP contribution in [0.2, 0.25) is 0 Å². The van der Waals surface area contributed by atoms with Gasteiger partial charge in [0.25, 0.3) is 0 Å². The van der Waals surface area contributed by atoms with Crippen LogP contribution in [0, 0.1) is 5.92 Å². The molecule has 1 aliphatic heterocycles. The molecule has 1 saturated heterocycles. The third kappa shape index (κ3) is 6.26. The predicted molar refractivity (Wildman–Crippen MR) is 136 cm³/mol. The van der Waals surface area contributed by atoms with E-state index in [1.165, 1.54) is 5.56 Å². The minimum atomic E-state index is -0.0622. The number of hydrogen-bond acceptors (Lipinski definition) is 4. The maximum absolute atomic E-state index is 13.6. The Bertz CT molecular complexity index is 1060. The average molecular weight is 477 g/mol. The van der Waals surface area contributed by atoms with Gasteiger partial charge < -0.3 is 14.5 Å². The molecule has 6 heteroatoms. The third-order valence-corrected chi connectivity index (χ3v) is 7.32. The number of nitrogens with zero attached hydrogens (tertiary/aromatic N) is 2. The summed E-state index contributed by atoms with van der Waals surface area (Å²) in [5.74, 6) is 1.08. The number of likely N-dealkylation sites (tertiary alicyclic amines) is 1. The summed E-state index contributed by atoms with van der Waals surface area (Å²) in [6, 6.07) is 22.1. The molecule has 2 aromatic carbocycles. The molecule has 5 nitrogen and oxygen atoms in total. The highest BCUT2D eigenvalue weighted by Gasteiger charge is 2.30. The van der Waals surface area contributed by atoms with E-state index >= 15 is 0 Å². The van der Waals surface area contributed by atoms with Crippen LogP contribution >= 0.6 is 11.3 Å². The monoisotopic (exact) mass is 476 g/mol. The van der Waals surface area contributed by atoms with Gasteiger partial charge in [0.15, 0.2) is 0 Å². The highest BCUT2D eigenvalue weighted by molar-refractivity contribution is 7.09. The third-order valence-electron chi connectivity index (χ3n) is 6.46. The van der Waals surface area contributed by atoms with Gasteiger partial charge in [-0.3, -0.25) is 9.59 Å². The Morgan fingerprint density at radius 1 is 0.971 bits per heavy atom. The zero-order chi connectivity index (χ0) is 23.8. The average Bonchev–Trinajstić information content (AvgIpc) is 3.40. The summed E-state index contributed by atoms with van der Waals surface area (Å²) in [6.45, 7) is 2.39. The first kappa shape index (κ1) is 24.0. The lowest BCUT2D eigenvalue weighted by molar-refractivity contribution is -0.141. The number of thiophene rings is 1. The van der Waals surface area contributed by atoms with Crippen molar-refractivity contribution >= 4 is 23.2 Å². The molecule has 2 amide bonds. The number of methoxy groups -OCH3 is 1. The van der Waals surface area contributed by atoms with Crippen LogP contribution in [0.15, 0.2) is 72.1 Å². The van der Waals surface area contributed by atoms with Crippen LogP contribution in [0.3, 0.4) is 0 Å². The van der Waals surface area contributed by atoms with E-state index < -0.39 is 0 Å². The van der Waals surface area contributed by atoms with Crippen molar-refractivity contribution in [1.29, 1.82) is 0 Å². The van der Waals surface area contributed by atoms with Gasteiger partial charge in [-0.15, -0.1) is 11.3 Å². The van der Waals surface area contributed by atoms with E-state index in [0.29, 0.717) is 45.4 Å². The molecule has 3 aromatic rings. The number of benzene rings is 2. The fraction of sp³-hybridized carbons (Fsp3) is 0.357. The van der Waals surface area contributed by atoms with Gasteiger partial charge in [-0.05, 0) is 42.3 Å². The van der Waals surface area contributed by atoms with Gasteiger partial charge in [-0.25, -0.2) is 0 Å². The summed E-state index contributed by atoms with van der Waals surface area (Å²) < 4.78 is 5.52. The highest BCUT2D eigenvalue weighted by Crippen LogP contribution is 2.26. The highest BCUT2D eigenvalue weighted by atomic mass is 32.1. The van der Waals surface area contributed by atoms with Gasteiger partial charge in [0.1, 0.15) is 5.75 Å². The van der Waals surface area contributed by atoms with Crippen LogP contribution in [0.1, 0.15) is 35.3 Å². The molecule has 1 aliphatic rings. The summed E-state index contributed by atoms with van der Waals surface area (Å²) >= 11 is 1.67. The first-order valence-electron chi connectivity index (χ1n) is 11.9. The number of carbonyl (C=O) groups is 2. The Kier molecular flexibility index (Phi) is 8.36. The molecule has 34 heavy (non-hydrogen) atoms. The Balaban J connectivity index is 1.36. The molecule has 0 radical (unpaired) electrons. The van der Waals surface area contributed by atoms with E-state index in [9.17, 15) is 9.59 Å². The molecule has 0 bridgehead atoms. The minimum Gasteiger partial charge on any atom is -0.496 e. The first-order chi connectivity index (χ1) is 16.6. The van der Waals surface area contributed by atoms with E-state index in [0.717, 1.165) is 22.6 Å². The largest absolute Gasteiger partial charge is 0.496 e. The van der Waals surface area contributed by atoms with E-state index in [4.69, 9.17) is 4.74 Å². The van der Waals surface area contributed by atoms with Crippen LogP contribution in [0.5, 0.6) is 5.75 Å². The zero-order valence-electron chi connectivity index (χ0n) is 19.7. The van der Waals surface area contributed by atoms with Crippen molar-refractivity contribution in [1.82, 2.24) is 9.80 Å². The van der Waals surface area contributed by atoms with Crippen molar-refractivity contribution in [2.75, 3.05) is 20.2 Å².